The fourth-order valence-corrected chi connectivity index (χ4v) is 11.0. The second-order valence-electron chi connectivity index (χ2n) is 18.0. The number of aromatic nitrogens is 5. The van der Waals surface area contributed by atoms with Crippen molar-refractivity contribution in [2.75, 3.05) is 23.5 Å². The third-order valence-electron chi connectivity index (χ3n) is 14.1. The van der Waals surface area contributed by atoms with Gasteiger partial charge in [-0.25, -0.2) is 9.97 Å². The van der Waals surface area contributed by atoms with Gasteiger partial charge in [0.15, 0.2) is 0 Å². The lowest BCUT2D eigenvalue weighted by atomic mass is 9.98. The largest absolute Gasteiger partial charge is 0.457 e. The van der Waals surface area contributed by atoms with E-state index in [0.29, 0.717) is 12.4 Å². The number of fused-ring (bicyclic) bond motifs is 10. The van der Waals surface area contributed by atoms with E-state index in [0.717, 1.165) is 95.0 Å². The van der Waals surface area contributed by atoms with Gasteiger partial charge < -0.3 is 23.7 Å². The molecule has 8 heteroatoms. The minimum absolute atomic E-state index is 0.709. The Morgan fingerprint density at radius 1 is 0.406 bits per heavy atom. The van der Waals surface area contributed by atoms with E-state index >= 15 is 0 Å². The summed E-state index contributed by atoms with van der Waals surface area (Å²) in [5, 5.41) is 7.15. The van der Waals surface area contributed by atoms with Gasteiger partial charge in [-0.05, 0) is 91.3 Å². The number of ether oxygens (including phenoxy) is 1. The number of anilines is 3. The monoisotopic (exact) mass is 889 g/mol. The van der Waals surface area contributed by atoms with E-state index in [4.69, 9.17) is 14.7 Å². The number of rotatable bonds is 7. The normalized spacial score (nSPS) is 12.7. The fourth-order valence-electron chi connectivity index (χ4n) is 11.0. The summed E-state index contributed by atoms with van der Waals surface area (Å²) in [6.07, 6.45) is 3.91. The molecule has 1 aliphatic rings. The van der Waals surface area contributed by atoms with Crippen molar-refractivity contribution in [1.82, 2.24) is 23.7 Å². The Bertz CT molecular complexity index is 3980. The third-order valence-corrected chi connectivity index (χ3v) is 14.1. The van der Waals surface area contributed by atoms with E-state index in [1.165, 1.54) is 27.2 Å². The Hall–Kier alpha value is -9.14. The standard InChI is InChI=1S/C61H43N7O/c1-39-34-60(68-53-25-12-7-20-46(53)47-31-30-40(35-58(47)68)69-41-32-33-62-59(36-41)65-38-64(2)54-26-13-14-27-55(54)65)63-37-48(39)61-56(66-49-21-8-3-16-42(49)43-17-4-9-22-50(43)66)28-15-29-57(61)67-51-23-10-5-18-44(51)45-19-6-11-24-52(45)67/h3-37H,38H2,1-2H3. The van der Waals surface area contributed by atoms with Crippen molar-refractivity contribution in [2.45, 2.75) is 6.92 Å². The molecule has 328 valence electrons. The van der Waals surface area contributed by atoms with Crippen LogP contribution in [0.4, 0.5) is 17.2 Å². The molecule has 0 fully saturated rings. The molecule has 6 heterocycles. The maximum Gasteiger partial charge on any atom is 0.138 e. The SMILES string of the molecule is Cc1cc(-n2c3ccccc3c3ccc(Oc4ccnc(N5CN(C)c6ccccc65)c4)cc32)ncc1-c1c(-n2c3ccccc3c3ccccc32)cccc1-n1c2ccccc2c2ccccc21. The quantitative estimate of drug-likeness (QED) is 0.160. The number of para-hydroxylation sites is 7. The van der Waals surface area contributed by atoms with Crippen LogP contribution in [0.2, 0.25) is 0 Å². The molecule has 14 rings (SSSR count). The van der Waals surface area contributed by atoms with Crippen LogP contribution in [0.25, 0.3) is 93.7 Å². The van der Waals surface area contributed by atoms with Gasteiger partial charge in [-0.15, -0.1) is 0 Å². The third kappa shape index (κ3) is 5.95. The molecule has 0 spiro atoms. The highest BCUT2D eigenvalue weighted by molar-refractivity contribution is 6.12. The van der Waals surface area contributed by atoms with Crippen LogP contribution in [0.3, 0.4) is 0 Å². The molecule has 69 heavy (non-hydrogen) atoms. The first-order chi connectivity index (χ1) is 34.1. The van der Waals surface area contributed by atoms with Crippen LogP contribution in [0.1, 0.15) is 5.56 Å². The molecule has 13 aromatic rings. The van der Waals surface area contributed by atoms with Gasteiger partial charge in [-0.2, -0.15) is 0 Å². The molecule has 0 radical (unpaired) electrons. The molecule has 0 unspecified atom stereocenters. The van der Waals surface area contributed by atoms with Crippen molar-refractivity contribution >= 4 is 82.6 Å². The number of hydrogen-bond acceptors (Lipinski definition) is 5. The highest BCUT2D eigenvalue weighted by Crippen LogP contribution is 2.44. The van der Waals surface area contributed by atoms with Gasteiger partial charge >= 0.3 is 0 Å². The second kappa shape index (κ2) is 15.2. The molecular weight excluding hydrogens is 847 g/mol. The molecule has 0 N–H and O–H groups in total. The maximum atomic E-state index is 6.69. The van der Waals surface area contributed by atoms with Crippen molar-refractivity contribution in [2.24, 2.45) is 0 Å². The summed E-state index contributed by atoms with van der Waals surface area (Å²) in [6.45, 7) is 2.93. The molecule has 0 bridgehead atoms. The highest BCUT2D eigenvalue weighted by atomic mass is 16.5. The summed E-state index contributed by atoms with van der Waals surface area (Å²) < 4.78 is 13.8. The number of hydrogen-bond donors (Lipinski definition) is 0. The van der Waals surface area contributed by atoms with Gasteiger partial charge in [0.05, 0.1) is 62.5 Å². The average molecular weight is 890 g/mol. The Balaban J connectivity index is 0.943. The number of aryl methyl sites for hydroxylation is 1. The lowest BCUT2D eigenvalue weighted by Gasteiger charge is -2.21. The smallest absolute Gasteiger partial charge is 0.138 e. The predicted octanol–water partition coefficient (Wildman–Crippen LogP) is 15.1. The summed E-state index contributed by atoms with van der Waals surface area (Å²) in [7, 11) is 2.10. The highest BCUT2D eigenvalue weighted by Gasteiger charge is 2.26. The van der Waals surface area contributed by atoms with E-state index < -0.39 is 0 Å². The van der Waals surface area contributed by atoms with Gasteiger partial charge in [0.25, 0.3) is 0 Å². The van der Waals surface area contributed by atoms with Crippen LogP contribution in [0.15, 0.2) is 213 Å². The van der Waals surface area contributed by atoms with Crippen LogP contribution in [0.5, 0.6) is 11.5 Å². The van der Waals surface area contributed by atoms with Gasteiger partial charge in [0, 0.05) is 75.0 Å². The van der Waals surface area contributed by atoms with Crippen LogP contribution in [-0.4, -0.2) is 37.4 Å². The minimum atomic E-state index is 0.709. The first-order valence-electron chi connectivity index (χ1n) is 23.4. The van der Waals surface area contributed by atoms with Gasteiger partial charge in [0.1, 0.15) is 23.1 Å². The van der Waals surface area contributed by atoms with Crippen LogP contribution >= 0.6 is 0 Å². The molecule has 0 amide bonds. The number of pyridine rings is 2. The second-order valence-corrected chi connectivity index (χ2v) is 18.0. The van der Waals surface area contributed by atoms with E-state index in [-0.39, 0.29) is 0 Å². The molecule has 8 nitrogen and oxygen atoms in total. The summed E-state index contributed by atoms with van der Waals surface area (Å²) in [5.41, 5.74) is 14.4. The molecular formula is C61H43N7O. The molecule has 0 atom stereocenters. The zero-order valence-corrected chi connectivity index (χ0v) is 38.0. The molecule has 8 aromatic carbocycles. The van der Waals surface area contributed by atoms with Crippen molar-refractivity contribution in [3.63, 3.8) is 0 Å². The first kappa shape index (κ1) is 39.1. The van der Waals surface area contributed by atoms with E-state index in [1.807, 2.05) is 18.3 Å². The fraction of sp³-hybridized carbons (Fsp3) is 0.0492. The van der Waals surface area contributed by atoms with E-state index in [9.17, 15) is 0 Å². The molecule has 0 saturated carbocycles. The van der Waals surface area contributed by atoms with E-state index in [2.05, 4.69) is 232 Å². The summed E-state index contributed by atoms with van der Waals surface area (Å²) in [5.74, 6) is 3.11. The van der Waals surface area contributed by atoms with Crippen molar-refractivity contribution in [1.29, 1.82) is 0 Å². The summed E-state index contributed by atoms with van der Waals surface area (Å²) in [4.78, 5) is 14.6. The van der Waals surface area contributed by atoms with Gasteiger partial charge in [-0.1, -0.05) is 109 Å². The topological polar surface area (TPSA) is 56.3 Å². The maximum absolute atomic E-state index is 6.69. The Kier molecular flexibility index (Phi) is 8.61. The Morgan fingerprint density at radius 2 is 0.884 bits per heavy atom. The summed E-state index contributed by atoms with van der Waals surface area (Å²) in [6, 6.07) is 71.2. The predicted molar refractivity (Wildman–Crippen MR) is 284 cm³/mol. The number of benzene rings is 8. The number of nitrogens with zero attached hydrogens (tertiary/aromatic N) is 7. The molecule has 1 aliphatic heterocycles. The van der Waals surface area contributed by atoms with Gasteiger partial charge in [0.2, 0.25) is 0 Å². The van der Waals surface area contributed by atoms with Gasteiger partial charge in [-0.3, -0.25) is 4.57 Å². The van der Waals surface area contributed by atoms with Crippen molar-refractivity contribution < 1.29 is 4.74 Å². The Morgan fingerprint density at radius 3 is 1.45 bits per heavy atom. The lowest BCUT2D eigenvalue weighted by molar-refractivity contribution is 0.482. The zero-order chi connectivity index (χ0) is 45.7. The molecule has 0 aliphatic carbocycles. The first-order valence-corrected chi connectivity index (χ1v) is 23.4. The molecule has 5 aromatic heterocycles. The van der Waals surface area contributed by atoms with Crippen LogP contribution < -0.4 is 14.5 Å². The minimum Gasteiger partial charge on any atom is -0.457 e. The lowest BCUT2D eigenvalue weighted by Crippen LogP contribution is -2.24. The van der Waals surface area contributed by atoms with Crippen molar-refractivity contribution in [3.05, 3.63) is 218 Å². The van der Waals surface area contributed by atoms with Crippen LogP contribution in [0, 0.1) is 6.92 Å². The average Bonchev–Trinajstić information content (AvgIpc) is 4.12. The molecule has 0 saturated heterocycles. The zero-order valence-electron chi connectivity index (χ0n) is 38.0. The van der Waals surface area contributed by atoms with E-state index in [1.54, 1.807) is 0 Å². The Labute approximate surface area is 397 Å². The summed E-state index contributed by atoms with van der Waals surface area (Å²) >= 11 is 0. The van der Waals surface area contributed by atoms with Crippen LogP contribution in [-0.2, 0) is 0 Å². The van der Waals surface area contributed by atoms with Crippen molar-refractivity contribution in [3.8, 4) is 39.8 Å².